The third-order valence-electron chi connectivity index (χ3n) is 5.85. The van der Waals surface area contributed by atoms with Crippen molar-refractivity contribution >= 4 is 23.5 Å². The Morgan fingerprint density at radius 2 is 2.00 bits per heavy atom. The molecule has 0 saturated carbocycles. The van der Waals surface area contributed by atoms with Crippen molar-refractivity contribution in [2.45, 2.75) is 31.4 Å². The van der Waals surface area contributed by atoms with Gasteiger partial charge in [0.1, 0.15) is 6.61 Å². The molecular weight excluding hydrogens is 401 g/mol. The summed E-state index contributed by atoms with van der Waals surface area (Å²) in [4.78, 5) is 28.1. The Bertz CT molecular complexity index is 772. The number of rotatable bonds is 3. The lowest BCUT2D eigenvalue weighted by Gasteiger charge is -2.43. The molecule has 0 aliphatic carbocycles. The smallest absolute Gasteiger partial charge is 0.320 e. The number of hydrogen-bond donors (Lipinski definition) is 1. The number of carbonyl (C=O) groups is 2. The van der Waals surface area contributed by atoms with Crippen LogP contribution in [0.25, 0.3) is 0 Å². The van der Waals surface area contributed by atoms with E-state index in [9.17, 15) is 14.0 Å². The van der Waals surface area contributed by atoms with Crippen molar-refractivity contribution in [3.63, 3.8) is 0 Å². The quantitative estimate of drug-likeness (QED) is 0.806. The summed E-state index contributed by atoms with van der Waals surface area (Å²) in [5.41, 5.74) is 0. The van der Waals surface area contributed by atoms with E-state index >= 15 is 0 Å². The van der Waals surface area contributed by atoms with Crippen molar-refractivity contribution in [2.75, 3.05) is 39.4 Å². The highest BCUT2D eigenvalue weighted by Crippen LogP contribution is 2.25. The molecule has 2 atom stereocenters. The summed E-state index contributed by atoms with van der Waals surface area (Å²) in [6, 6.07) is 4.25. The van der Waals surface area contributed by atoms with Gasteiger partial charge in [-0.3, -0.25) is 4.79 Å². The number of amides is 3. The first-order valence-electron chi connectivity index (χ1n) is 10.0. The number of piperidine rings is 2. The van der Waals surface area contributed by atoms with Gasteiger partial charge in [0.05, 0.1) is 18.8 Å². The van der Waals surface area contributed by atoms with Gasteiger partial charge in [0.25, 0.3) is 0 Å². The van der Waals surface area contributed by atoms with Crippen LogP contribution in [-0.2, 0) is 9.53 Å². The van der Waals surface area contributed by atoms with Gasteiger partial charge in [0.15, 0.2) is 11.6 Å². The van der Waals surface area contributed by atoms with E-state index in [1.807, 2.05) is 4.90 Å². The van der Waals surface area contributed by atoms with E-state index in [4.69, 9.17) is 21.1 Å². The van der Waals surface area contributed by atoms with Gasteiger partial charge < -0.3 is 24.6 Å². The summed E-state index contributed by atoms with van der Waals surface area (Å²) in [5.74, 6) is -0.121. The number of urea groups is 1. The van der Waals surface area contributed by atoms with Crippen molar-refractivity contribution in [3.05, 3.63) is 29.0 Å². The third-order valence-corrected chi connectivity index (χ3v) is 6.08. The third kappa shape index (κ3) is 4.75. The largest absolute Gasteiger partial charge is 0.490 e. The van der Waals surface area contributed by atoms with Crippen LogP contribution in [0.15, 0.2) is 18.2 Å². The number of carbonyl (C=O) groups excluding carboxylic acids is 2. The maximum Gasteiger partial charge on any atom is 0.320 e. The van der Waals surface area contributed by atoms with Gasteiger partial charge >= 0.3 is 6.03 Å². The van der Waals surface area contributed by atoms with E-state index in [1.54, 1.807) is 11.0 Å². The molecular formula is C20H25ClFN3O4. The molecule has 1 N–H and O–H groups in total. The Labute approximate surface area is 174 Å². The second-order valence-electron chi connectivity index (χ2n) is 7.86. The zero-order valence-electron chi connectivity index (χ0n) is 16.1. The van der Waals surface area contributed by atoms with Crippen LogP contribution in [-0.4, -0.2) is 73.3 Å². The summed E-state index contributed by atoms with van der Waals surface area (Å²) in [5, 5.41) is 3.26. The maximum absolute atomic E-state index is 13.8. The Kier molecular flexibility index (Phi) is 6.10. The summed E-state index contributed by atoms with van der Waals surface area (Å²) >= 11 is 5.76. The minimum atomic E-state index is -0.465. The number of ether oxygens (including phenoxy) is 2. The van der Waals surface area contributed by atoms with E-state index in [1.165, 1.54) is 12.1 Å². The molecule has 3 saturated heterocycles. The van der Waals surface area contributed by atoms with E-state index in [-0.39, 0.29) is 42.4 Å². The fourth-order valence-electron chi connectivity index (χ4n) is 4.16. The minimum Gasteiger partial charge on any atom is -0.490 e. The highest BCUT2D eigenvalue weighted by molar-refractivity contribution is 6.30. The standard InChI is InChI=1S/C20H25ClFN3O4/c21-14-1-2-17(15(22)9-14)28-11-13-3-6-24(7-4-13)20(27)25-8-5-18-16(10-25)23-19(26)12-29-18/h1-2,9,13,16,18H,3-8,10-12H2,(H,23,26)/t16-,18+/m1/s1. The molecule has 0 spiro atoms. The lowest BCUT2D eigenvalue weighted by atomic mass is 9.97. The monoisotopic (exact) mass is 425 g/mol. The summed E-state index contributed by atoms with van der Waals surface area (Å²) in [6.45, 7) is 2.91. The number of morpholine rings is 1. The molecule has 9 heteroatoms. The molecule has 3 amide bonds. The molecule has 0 unspecified atom stereocenters. The Hall–Kier alpha value is -2.06. The van der Waals surface area contributed by atoms with E-state index in [0.717, 1.165) is 19.3 Å². The van der Waals surface area contributed by atoms with Gasteiger partial charge in [0, 0.05) is 31.2 Å². The van der Waals surface area contributed by atoms with Crippen LogP contribution in [0.3, 0.4) is 0 Å². The van der Waals surface area contributed by atoms with E-state index < -0.39 is 5.82 Å². The van der Waals surface area contributed by atoms with Crippen LogP contribution in [0, 0.1) is 11.7 Å². The SMILES string of the molecule is O=C1CO[C@H]2CCN(C(=O)N3CCC(COc4ccc(Cl)cc4F)CC3)C[C@H]2N1. The van der Waals surface area contributed by atoms with Crippen molar-refractivity contribution in [1.82, 2.24) is 15.1 Å². The Morgan fingerprint density at radius 3 is 2.76 bits per heavy atom. The Morgan fingerprint density at radius 1 is 1.24 bits per heavy atom. The number of nitrogens with one attached hydrogen (secondary N) is 1. The lowest BCUT2D eigenvalue weighted by molar-refractivity contribution is -0.139. The van der Waals surface area contributed by atoms with Crippen LogP contribution in [0.4, 0.5) is 9.18 Å². The average Bonchev–Trinajstić information content (AvgIpc) is 2.72. The summed E-state index contributed by atoms with van der Waals surface area (Å²) < 4.78 is 25.0. The van der Waals surface area contributed by atoms with Crippen molar-refractivity contribution in [1.29, 1.82) is 0 Å². The highest BCUT2D eigenvalue weighted by atomic mass is 35.5. The normalized spacial score (nSPS) is 25.4. The van der Waals surface area contributed by atoms with Gasteiger partial charge in [-0.25, -0.2) is 9.18 Å². The molecule has 7 nitrogen and oxygen atoms in total. The molecule has 158 valence electrons. The zero-order valence-corrected chi connectivity index (χ0v) is 16.9. The number of fused-ring (bicyclic) bond motifs is 1. The topological polar surface area (TPSA) is 71.1 Å². The molecule has 1 aromatic carbocycles. The lowest BCUT2D eigenvalue weighted by Crippen LogP contribution is -2.62. The second-order valence-corrected chi connectivity index (χ2v) is 8.29. The number of benzene rings is 1. The number of halogens is 2. The first-order valence-corrected chi connectivity index (χ1v) is 10.4. The predicted molar refractivity (Wildman–Crippen MR) is 104 cm³/mol. The van der Waals surface area contributed by atoms with Crippen LogP contribution in [0.2, 0.25) is 5.02 Å². The molecule has 3 aliphatic heterocycles. The van der Waals surface area contributed by atoms with Crippen LogP contribution >= 0.6 is 11.6 Å². The maximum atomic E-state index is 13.8. The molecule has 4 rings (SSSR count). The van der Waals surface area contributed by atoms with Crippen molar-refractivity contribution < 1.29 is 23.5 Å². The number of hydrogen-bond acceptors (Lipinski definition) is 4. The average molecular weight is 426 g/mol. The zero-order chi connectivity index (χ0) is 20.4. The first-order chi connectivity index (χ1) is 14.0. The molecule has 3 fully saturated rings. The Balaban J connectivity index is 1.24. The van der Waals surface area contributed by atoms with Crippen LogP contribution < -0.4 is 10.1 Å². The highest BCUT2D eigenvalue weighted by Gasteiger charge is 2.38. The predicted octanol–water partition coefficient (Wildman–Crippen LogP) is 2.28. The fourth-order valence-corrected chi connectivity index (χ4v) is 4.32. The first kappa shape index (κ1) is 20.2. The molecule has 3 aliphatic rings. The van der Waals surface area contributed by atoms with Gasteiger partial charge in [-0.15, -0.1) is 0 Å². The fraction of sp³-hybridized carbons (Fsp3) is 0.600. The number of likely N-dealkylation sites (tertiary alicyclic amines) is 2. The van der Waals surface area contributed by atoms with Crippen LogP contribution in [0.1, 0.15) is 19.3 Å². The van der Waals surface area contributed by atoms with E-state index in [2.05, 4.69) is 5.32 Å². The van der Waals surface area contributed by atoms with Crippen LogP contribution in [0.5, 0.6) is 5.75 Å². The molecule has 1 aromatic rings. The molecule has 3 heterocycles. The van der Waals surface area contributed by atoms with Crippen molar-refractivity contribution in [2.24, 2.45) is 5.92 Å². The van der Waals surface area contributed by atoms with Gasteiger partial charge in [-0.1, -0.05) is 11.6 Å². The summed E-state index contributed by atoms with van der Waals surface area (Å²) in [7, 11) is 0. The van der Waals surface area contributed by atoms with Gasteiger partial charge in [0.2, 0.25) is 5.91 Å². The molecule has 0 radical (unpaired) electrons. The van der Waals surface area contributed by atoms with E-state index in [0.29, 0.717) is 37.8 Å². The van der Waals surface area contributed by atoms with Crippen molar-refractivity contribution in [3.8, 4) is 5.75 Å². The molecule has 0 bridgehead atoms. The van der Waals surface area contributed by atoms with Gasteiger partial charge in [-0.2, -0.15) is 0 Å². The second kappa shape index (κ2) is 8.75. The number of nitrogens with zero attached hydrogens (tertiary/aromatic N) is 2. The van der Waals surface area contributed by atoms with Gasteiger partial charge in [-0.05, 0) is 43.4 Å². The summed E-state index contributed by atoms with van der Waals surface area (Å²) in [6.07, 6.45) is 2.34. The minimum absolute atomic E-state index is 0.00591. The molecule has 0 aromatic heterocycles. The molecule has 29 heavy (non-hydrogen) atoms.